The minimum Gasteiger partial charge on any atom is -0.478 e. The number of aromatic nitrogens is 6. The van der Waals surface area contributed by atoms with E-state index in [1.165, 1.54) is 5.57 Å². The number of nitrogens with one attached hydrogen (secondary N) is 2. The van der Waals surface area contributed by atoms with Gasteiger partial charge in [0.1, 0.15) is 17.1 Å². The fourth-order valence-electron chi connectivity index (χ4n) is 9.88. The van der Waals surface area contributed by atoms with Crippen molar-refractivity contribution in [1.29, 1.82) is 0 Å². The van der Waals surface area contributed by atoms with Gasteiger partial charge in [-0.2, -0.15) is 10.2 Å². The van der Waals surface area contributed by atoms with Crippen molar-refractivity contribution < 1.29 is 15.0 Å². The molecular weight excluding hydrogens is 671 g/mol. The van der Waals surface area contributed by atoms with Crippen LogP contribution in [0.5, 0.6) is 0 Å². The maximum absolute atomic E-state index is 11.8. The summed E-state index contributed by atoms with van der Waals surface area (Å²) in [7, 11) is 0. The zero-order valence-corrected chi connectivity index (χ0v) is 29.3. The number of likely N-dealkylation sites (tertiary alicyclic amines) is 1. The van der Waals surface area contributed by atoms with Crippen LogP contribution < -0.4 is 10.9 Å². The van der Waals surface area contributed by atoms with E-state index in [0.717, 1.165) is 47.0 Å². The maximum Gasteiger partial charge on any atom is 0.335 e. The van der Waals surface area contributed by atoms with Crippen molar-refractivity contribution in [2.45, 2.75) is 13.8 Å². The Morgan fingerprint density at radius 2 is 1.30 bits per heavy atom. The number of aliphatic hydroxyl groups excluding tert-OH is 1. The first-order valence-corrected chi connectivity index (χ1v) is 18.1. The molecule has 3 aromatic heterocycles. The Kier molecular flexibility index (Phi) is 8.35. The van der Waals surface area contributed by atoms with Crippen LogP contribution in [-0.4, -0.2) is 88.7 Å². The van der Waals surface area contributed by atoms with Gasteiger partial charge in [-0.15, -0.1) is 0 Å². The summed E-state index contributed by atoms with van der Waals surface area (Å²) in [5.41, 5.74) is 13.5. The van der Waals surface area contributed by atoms with E-state index >= 15 is 0 Å². The normalized spacial score (nSPS) is 29.1. The van der Waals surface area contributed by atoms with Crippen molar-refractivity contribution in [3.8, 4) is 0 Å². The Labute approximate surface area is 306 Å². The molecule has 4 N–H and O–H groups in total. The molecule has 1 saturated heterocycles. The zero-order chi connectivity index (χ0) is 36.2. The SMILES string of the molecule is CC1C(c2ncccn2)=NNC(c2ncccn2)=C1C1C2CN(CCO)CC2C(C)C2C3=C(c4ccc(C(=O)O)cc4)NN=C(c4ncccn4)C3[C@H]21. The van der Waals surface area contributed by atoms with Crippen molar-refractivity contribution >= 4 is 28.8 Å². The van der Waals surface area contributed by atoms with E-state index in [9.17, 15) is 15.0 Å². The second kappa shape index (κ2) is 13.4. The largest absolute Gasteiger partial charge is 0.478 e. The molecule has 268 valence electrons. The molecule has 53 heavy (non-hydrogen) atoms. The number of hydrazone groups is 2. The standard InChI is InChI=1S/C39H39N11O3/c1-20-24-18-50(16-17-51)19-25(24)28(27-21(2)32(36-40-10-3-11-41-36)46-48-34(27)37-42-12-4-13-43-37)29-26(20)30-31(29)35(38-44-14-5-15-45-38)49-47-33(30)22-6-8-23(9-7-22)39(52)53/h3-15,20-21,24-26,28-29,31,47-48,51H,16-19H2,1-2H3,(H,52,53)/t20?,21?,24?,25?,26?,28?,29-,31?/m1/s1. The van der Waals surface area contributed by atoms with Gasteiger partial charge in [0, 0.05) is 68.7 Å². The number of benzene rings is 1. The van der Waals surface area contributed by atoms with Crippen LogP contribution in [0.15, 0.2) is 101 Å². The zero-order valence-electron chi connectivity index (χ0n) is 29.3. The molecule has 2 saturated carbocycles. The predicted molar refractivity (Wildman–Crippen MR) is 195 cm³/mol. The maximum atomic E-state index is 11.8. The Balaban J connectivity index is 1.25. The lowest BCUT2D eigenvalue weighted by Gasteiger charge is -2.62. The average Bonchev–Trinajstić information content (AvgIpc) is 3.62. The molecule has 4 aromatic rings. The first kappa shape index (κ1) is 33.1. The molecule has 7 unspecified atom stereocenters. The van der Waals surface area contributed by atoms with Crippen LogP contribution in [0.1, 0.15) is 47.2 Å². The molecule has 6 heterocycles. The number of β-amino-alcohol motifs (C(OH)–C–C–N with tert-alkyl or cyclic N) is 1. The Morgan fingerprint density at radius 1 is 0.736 bits per heavy atom. The summed E-state index contributed by atoms with van der Waals surface area (Å²) in [6.45, 7) is 6.95. The highest BCUT2D eigenvalue weighted by Gasteiger charge is 2.65. The number of aromatic carboxylic acids is 1. The number of carboxylic acids is 1. The number of hydrogen-bond donors (Lipinski definition) is 4. The molecule has 3 fully saturated rings. The summed E-state index contributed by atoms with van der Waals surface area (Å²) in [5.74, 6) is 1.50. The second-order valence-electron chi connectivity index (χ2n) is 14.5. The lowest BCUT2D eigenvalue weighted by atomic mass is 9.41. The Hall–Kier alpha value is -5.73. The molecule has 2 aliphatic carbocycles. The van der Waals surface area contributed by atoms with Crippen LogP contribution in [0.4, 0.5) is 0 Å². The van der Waals surface area contributed by atoms with Crippen LogP contribution >= 0.6 is 0 Å². The fraction of sp³-hybridized carbons (Fsp3) is 0.359. The number of fused-ring (bicyclic) bond motifs is 5. The molecular formula is C39H39N11O3. The summed E-state index contributed by atoms with van der Waals surface area (Å²) in [6.07, 6.45) is 10.5. The topological polar surface area (TPSA) is 187 Å². The molecule has 0 amide bonds. The number of rotatable bonds is 8. The van der Waals surface area contributed by atoms with E-state index in [-0.39, 0.29) is 53.6 Å². The van der Waals surface area contributed by atoms with Gasteiger partial charge in [0.2, 0.25) is 0 Å². The predicted octanol–water partition coefficient (Wildman–Crippen LogP) is 3.20. The summed E-state index contributed by atoms with van der Waals surface area (Å²) in [6, 6.07) is 12.4. The number of aliphatic hydroxyl groups is 1. The van der Waals surface area contributed by atoms with E-state index in [1.54, 1.807) is 61.4 Å². The molecule has 0 spiro atoms. The Morgan fingerprint density at radius 3 is 1.92 bits per heavy atom. The monoisotopic (exact) mass is 709 g/mol. The smallest absolute Gasteiger partial charge is 0.335 e. The van der Waals surface area contributed by atoms with Gasteiger partial charge in [-0.25, -0.2) is 34.7 Å². The first-order chi connectivity index (χ1) is 25.9. The molecule has 0 bridgehead atoms. The summed E-state index contributed by atoms with van der Waals surface area (Å²) >= 11 is 0. The third-order valence-electron chi connectivity index (χ3n) is 12.0. The second-order valence-corrected chi connectivity index (χ2v) is 14.5. The van der Waals surface area contributed by atoms with Gasteiger partial charge >= 0.3 is 5.97 Å². The van der Waals surface area contributed by atoms with Gasteiger partial charge in [-0.05, 0) is 82.5 Å². The van der Waals surface area contributed by atoms with E-state index < -0.39 is 5.97 Å². The van der Waals surface area contributed by atoms with E-state index in [1.807, 2.05) is 18.2 Å². The number of carboxylic acid groups (broad SMARTS) is 1. The van der Waals surface area contributed by atoms with Crippen LogP contribution in [0.3, 0.4) is 0 Å². The quantitative estimate of drug-likeness (QED) is 0.210. The highest BCUT2D eigenvalue weighted by atomic mass is 16.4. The highest BCUT2D eigenvalue weighted by molar-refractivity contribution is 6.06. The molecule has 8 atom stereocenters. The highest BCUT2D eigenvalue weighted by Crippen LogP contribution is 2.67. The van der Waals surface area contributed by atoms with Gasteiger partial charge in [-0.1, -0.05) is 26.0 Å². The number of hydrogen-bond acceptors (Lipinski definition) is 13. The number of carbonyl (C=O) groups is 1. The van der Waals surface area contributed by atoms with Gasteiger partial charge in [0.05, 0.1) is 17.9 Å². The molecule has 0 radical (unpaired) electrons. The number of allylic oxidation sites excluding steroid dienone is 2. The minimum absolute atomic E-state index is 0.0109. The average molecular weight is 710 g/mol. The third kappa shape index (κ3) is 5.43. The van der Waals surface area contributed by atoms with E-state index in [0.29, 0.717) is 29.9 Å². The van der Waals surface area contributed by atoms with Gasteiger partial charge in [0.15, 0.2) is 17.5 Å². The van der Waals surface area contributed by atoms with Crippen molar-refractivity contribution in [2.24, 2.45) is 57.5 Å². The van der Waals surface area contributed by atoms with Crippen molar-refractivity contribution in [2.75, 3.05) is 26.2 Å². The molecule has 14 nitrogen and oxygen atoms in total. The van der Waals surface area contributed by atoms with Gasteiger partial charge < -0.3 is 15.1 Å². The van der Waals surface area contributed by atoms with Crippen molar-refractivity contribution in [3.63, 3.8) is 0 Å². The van der Waals surface area contributed by atoms with Crippen LogP contribution in [0.2, 0.25) is 0 Å². The fourth-order valence-corrected chi connectivity index (χ4v) is 9.88. The summed E-state index contributed by atoms with van der Waals surface area (Å²) in [4.78, 5) is 42.2. The minimum atomic E-state index is -0.970. The van der Waals surface area contributed by atoms with Crippen LogP contribution in [0, 0.1) is 47.3 Å². The van der Waals surface area contributed by atoms with E-state index in [4.69, 9.17) is 30.1 Å². The molecule has 5 aliphatic rings. The molecule has 9 rings (SSSR count). The molecule has 3 aliphatic heterocycles. The number of nitrogens with zero attached hydrogens (tertiary/aromatic N) is 9. The lowest BCUT2D eigenvalue weighted by Crippen LogP contribution is -2.61. The van der Waals surface area contributed by atoms with Gasteiger partial charge in [-0.3, -0.25) is 10.9 Å². The summed E-state index contributed by atoms with van der Waals surface area (Å²) < 4.78 is 0. The first-order valence-electron chi connectivity index (χ1n) is 18.1. The lowest BCUT2D eigenvalue weighted by molar-refractivity contribution is -0.0164. The molecule has 14 heteroatoms. The van der Waals surface area contributed by atoms with Crippen molar-refractivity contribution in [1.82, 2.24) is 45.7 Å². The van der Waals surface area contributed by atoms with Crippen LogP contribution in [0.25, 0.3) is 11.4 Å². The third-order valence-corrected chi connectivity index (χ3v) is 12.0. The van der Waals surface area contributed by atoms with Crippen molar-refractivity contribution in [3.05, 3.63) is 119 Å². The van der Waals surface area contributed by atoms with Crippen LogP contribution in [-0.2, 0) is 0 Å². The summed E-state index contributed by atoms with van der Waals surface area (Å²) in [5, 5.41) is 29.6. The Bertz CT molecular complexity index is 2160. The van der Waals surface area contributed by atoms with Gasteiger partial charge in [0.25, 0.3) is 0 Å². The van der Waals surface area contributed by atoms with E-state index in [2.05, 4.69) is 39.6 Å². The molecule has 1 aromatic carbocycles.